The molecule has 1 aromatic heterocycles. The predicted octanol–water partition coefficient (Wildman–Crippen LogP) is 6.55. The van der Waals surface area contributed by atoms with Gasteiger partial charge in [0.05, 0.1) is 16.3 Å². The standard InChI is InChI=1S/C30H23ClN4O5/c1-18-9-11-23(12-10-18)34-29(37)25(28(36)33(30(34)38)22-7-5-4-6-8-22)16-21-15-19(2)32(20(21)3)24-13-14-27(35(39)40)26(31)17-24/h4-17H,1-3H3/b25-16+. The molecule has 2 heterocycles. The Morgan fingerprint density at radius 1 is 0.775 bits per heavy atom. The molecule has 3 aromatic carbocycles. The van der Waals surface area contributed by atoms with Crippen LogP contribution < -0.4 is 9.80 Å². The molecule has 0 N–H and O–H groups in total. The first-order valence-electron chi connectivity index (χ1n) is 12.3. The van der Waals surface area contributed by atoms with Gasteiger partial charge in [-0.1, -0.05) is 47.5 Å². The lowest BCUT2D eigenvalue weighted by Crippen LogP contribution is -2.57. The zero-order valence-corrected chi connectivity index (χ0v) is 22.5. The van der Waals surface area contributed by atoms with Crippen LogP contribution >= 0.6 is 11.6 Å². The van der Waals surface area contributed by atoms with Crippen molar-refractivity contribution in [2.24, 2.45) is 0 Å². The van der Waals surface area contributed by atoms with Gasteiger partial charge in [-0.05, 0) is 74.9 Å². The number of nitrogens with zero attached hydrogens (tertiary/aromatic N) is 4. The number of nitro groups is 1. The van der Waals surface area contributed by atoms with E-state index in [2.05, 4.69) is 0 Å². The maximum Gasteiger partial charge on any atom is 0.343 e. The van der Waals surface area contributed by atoms with Crippen molar-refractivity contribution in [1.82, 2.24) is 4.57 Å². The van der Waals surface area contributed by atoms with E-state index >= 15 is 0 Å². The molecule has 1 aliphatic heterocycles. The van der Waals surface area contributed by atoms with Gasteiger partial charge in [0.15, 0.2) is 0 Å². The Morgan fingerprint density at radius 3 is 1.93 bits per heavy atom. The van der Waals surface area contributed by atoms with Crippen molar-refractivity contribution >= 4 is 52.6 Å². The van der Waals surface area contributed by atoms with Crippen LogP contribution in [0, 0.1) is 30.9 Å². The van der Waals surface area contributed by atoms with Crippen LogP contribution in [0.2, 0.25) is 5.02 Å². The van der Waals surface area contributed by atoms with E-state index in [1.165, 1.54) is 18.2 Å². The van der Waals surface area contributed by atoms with Gasteiger partial charge in [-0.2, -0.15) is 0 Å². The SMILES string of the molecule is Cc1ccc(N2C(=O)/C(=C/c3cc(C)n(-c4ccc([N+](=O)[O-])c(Cl)c4)c3C)C(=O)N(c3ccccc3)C2=O)cc1. The second kappa shape index (κ2) is 10.3. The van der Waals surface area contributed by atoms with Crippen molar-refractivity contribution in [1.29, 1.82) is 0 Å². The Bertz CT molecular complexity index is 1730. The Balaban J connectivity index is 1.64. The van der Waals surface area contributed by atoms with Gasteiger partial charge in [0.25, 0.3) is 17.5 Å². The fourth-order valence-electron chi connectivity index (χ4n) is 4.73. The summed E-state index contributed by atoms with van der Waals surface area (Å²) < 4.78 is 1.82. The van der Waals surface area contributed by atoms with E-state index in [-0.39, 0.29) is 16.3 Å². The van der Waals surface area contributed by atoms with Crippen LogP contribution in [0.15, 0.2) is 84.4 Å². The summed E-state index contributed by atoms with van der Waals surface area (Å²) in [5, 5.41) is 11.2. The number of hydrogen-bond acceptors (Lipinski definition) is 5. The van der Waals surface area contributed by atoms with Crippen LogP contribution in [-0.2, 0) is 9.59 Å². The van der Waals surface area contributed by atoms with Gasteiger partial charge in [-0.15, -0.1) is 0 Å². The Labute approximate surface area is 234 Å². The number of nitro benzene ring substituents is 1. The number of halogens is 1. The number of para-hydroxylation sites is 1. The molecule has 1 saturated heterocycles. The normalized spacial score (nSPS) is 14.8. The van der Waals surface area contributed by atoms with Crippen LogP contribution in [-0.4, -0.2) is 27.3 Å². The fourth-order valence-corrected chi connectivity index (χ4v) is 4.97. The zero-order valence-electron chi connectivity index (χ0n) is 21.8. The number of rotatable bonds is 5. The minimum atomic E-state index is -0.770. The summed E-state index contributed by atoms with van der Waals surface area (Å²) in [6, 6.07) is 20.7. The largest absolute Gasteiger partial charge is 0.343 e. The van der Waals surface area contributed by atoms with Crippen molar-refractivity contribution in [3.63, 3.8) is 0 Å². The molecule has 40 heavy (non-hydrogen) atoms. The Kier molecular flexibility index (Phi) is 6.83. The summed E-state index contributed by atoms with van der Waals surface area (Å²) >= 11 is 6.15. The molecule has 1 fully saturated rings. The molecule has 1 aliphatic rings. The number of barbiturate groups is 1. The predicted molar refractivity (Wildman–Crippen MR) is 153 cm³/mol. The monoisotopic (exact) mass is 554 g/mol. The summed E-state index contributed by atoms with van der Waals surface area (Å²) in [4.78, 5) is 53.6. The van der Waals surface area contributed by atoms with Gasteiger partial charge < -0.3 is 4.57 Å². The van der Waals surface area contributed by atoms with E-state index < -0.39 is 22.8 Å². The summed E-state index contributed by atoms with van der Waals surface area (Å²) in [5.74, 6) is -1.48. The van der Waals surface area contributed by atoms with Crippen LogP contribution in [0.4, 0.5) is 21.9 Å². The third kappa shape index (κ3) is 4.56. The summed E-state index contributed by atoms with van der Waals surface area (Å²) in [7, 11) is 0. The maximum absolute atomic E-state index is 13.7. The van der Waals surface area contributed by atoms with Crippen LogP contribution in [0.5, 0.6) is 0 Å². The lowest BCUT2D eigenvalue weighted by Gasteiger charge is -2.34. The van der Waals surface area contributed by atoms with Gasteiger partial charge in [0.1, 0.15) is 10.6 Å². The van der Waals surface area contributed by atoms with Crippen LogP contribution in [0.25, 0.3) is 11.8 Å². The molecule has 4 aromatic rings. The number of hydrogen-bond donors (Lipinski definition) is 0. The first-order chi connectivity index (χ1) is 19.1. The average molecular weight is 555 g/mol. The molecule has 0 radical (unpaired) electrons. The quantitative estimate of drug-likeness (QED) is 0.120. The van der Waals surface area contributed by atoms with Gasteiger partial charge >= 0.3 is 6.03 Å². The molecule has 0 unspecified atom stereocenters. The number of carbonyl (C=O) groups excluding carboxylic acids is 3. The first-order valence-corrected chi connectivity index (χ1v) is 12.7. The van der Waals surface area contributed by atoms with Gasteiger partial charge in [0.2, 0.25) is 0 Å². The molecular weight excluding hydrogens is 532 g/mol. The number of aryl methyl sites for hydroxylation is 2. The average Bonchev–Trinajstić information content (AvgIpc) is 3.20. The van der Waals surface area contributed by atoms with Gasteiger partial charge in [-0.3, -0.25) is 19.7 Å². The molecule has 0 bridgehead atoms. The number of urea groups is 1. The second-order valence-electron chi connectivity index (χ2n) is 9.35. The first kappa shape index (κ1) is 26.6. The zero-order chi connectivity index (χ0) is 28.7. The van der Waals surface area contributed by atoms with E-state index in [1.807, 2.05) is 18.4 Å². The Hall–Kier alpha value is -5.02. The van der Waals surface area contributed by atoms with E-state index in [0.29, 0.717) is 28.3 Å². The molecule has 9 nitrogen and oxygen atoms in total. The molecule has 200 valence electrons. The maximum atomic E-state index is 13.7. The fraction of sp³-hybridized carbons (Fsp3) is 0.100. The van der Waals surface area contributed by atoms with Gasteiger partial charge in [-0.25, -0.2) is 14.6 Å². The van der Waals surface area contributed by atoms with Crippen molar-refractivity contribution < 1.29 is 19.3 Å². The van der Waals surface area contributed by atoms with Crippen molar-refractivity contribution in [3.05, 3.63) is 122 Å². The molecule has 0 saturated carbocycles. The lowest BCUT2D eigenvalue weighted by atomic mass is 10.0. The number of amides is 4. The summed E-state index contributed by atoms with van der Waals surface area (Å²) in [6.07, 6.45) is 1.47. The minimum absolute atomic E-state index is 0.0155. The van der Waals surface area contributed by atoms with Crippen LogP contribution in [0.1, 0.15) is 22.5 Å². The van der Waals surface area contributed by atoms with Crippen molar-refractivity contribution in [2.45, 2.75) is 20.8 Å². The number of carbonyl (C=O) groups is 3. The number of benzene rings is 3. The van der Waals surface area contributed by atoms with E-state index in [9.17, 15) is 24.5 Å². The minimum Gasteiger partial charge on any atom is -0.318 e. The third-order valence-corrected chi connectivity index (χ3v) is 7.02. The molecule has 0 atom stereocenters. The summed E-state index contributed by atoms with van der Waals surface area (Å²) in [5.41, 5.74) is 3.78. The highest BCUT2D eigenvalue weighted by atomic mass is 35.5. The smallest absolute Gasteiger partial charge is 0.318 e. The van der Waals surface area contributed by atoms with Gasteiger partial charge in [0, 0.05) is 23.1 Å². The highest BCUT2D eigenvalue weighted by Crippen LogP contribution is 2.33. The van der Waals surface area contributed by atoms with Crippen molar-refractivity contribution in [2.75, 3.05) is 9.80 Å². The van der Waals surface area contributed by atoms with E-state index in [1.54, 1.807) is 73.7 Å². The van der Waals surface area contributed by atoms with Crippen molar-refractivity contribution in [3.8, 4) is 5.69 Å². The number of imide groups is 2. The third-order valence-electron chi connectivity index (χ3n) is 6.71. The lowest BCUT2D eigenvalue weighted by molar-refractivity contribution is -0.384. The molecule has 0 aliphatic carbocycles. The molecule has 10 heteroatoms. The Morgan fingerprint density at radius 2 is 1.35 bits per heavy atom. The number of aromatic nitrogens is 1. The molecule has 0 spiro atoms. The van der Waals surface area contributed by atoms with Crippen LogP contribution in [0.3, 0.4) is 0 Å². The molecule has 4 amide bonds. The highest BCUT2D eigenvalue weighted by Gasteiger charge is 2.43. The highest BCUT2D eigenvalue weighted by molar-refractivity contribution is 6.46. The van der Waals surface area contributed by atoms with E-state index in [0.717, 1.165) is 21.1 Å². The molecule has 5 rings (SSSR count). The summed E-state index contributed by atoms with van der Waals surface area (Å²) in [6.45, 7) is 5.51. The number of anilines is 2. The topological polar surface area (TPSA) is 106 Å². The molecular formula is C30H23ClN4O5. The van der Waals surface area contributed by atoms with E-state index in [4.69, 9.17) is 11.6 Å². The second-order valence-corrected chi connectivity index (χ2v) is 9.75.